The first-order valence-electron chi connectivity index (χ1n) is 9.99. The Labute approximate surface area is 195 Å². The number of hydrogen-bond acceptors (Lipinski definition) is 7. The highest BCUT2D eigenvalue weighted by Gasteiger charge is 2.35. The fourth-order valence-electron chi connectivity index (χ4n) is 3.06. The largest absolute Gasteiger partial charge is 0.508 e. The van der Waals surface area contributed by atoms with E-state index < -0.39 is 0 Å². The van der Waals surface area contributed by atoms with Gasteiger partial charge in [0.15, 0.2) is 0 Å². The van der Waals surface area contributed by atoms with Crippen molar-refractivity contribution in [3.8, 4) is 17.2 Å². The van der Waals surface area contributed by atoms with Crippen LogP contribution in [0.25, 0.3) is 6.08 Å². The predicted molar refractivity (Wildman–Crippen MR) is 132 cm³/mol. The van der Waals surface area contributed by atoms with Crippen molar-refractivity contribution in [1.82, 2.24) is 0 Å². The van der Waals surface area contributed by atoms with Crippen molar-refractivity contribution in [1.29, 1.82) is 0 Å². The lowest BCUT2D eigenvalue weighted by Crippen LogP contribution is -2.28. The molecule has 0 atom stereocenters. The van der Waals surface area contributed by atoms with Crippen LogP contribution in [0.5, 0.6) is 17.2 Å². The van der Waals surface area contributed by atoms with E-state index in [4.69, 9.17) is 9.47 Å². The van der Waals surface area contributed by atoms with E-state index in [0.29, 0.717) is 15.8 Å². The highest BCUT2D eigenvalue weighted by Crippen LogP contribution is 2.36. The predicted octanol–water partition coefficient (Wildman–Crippen LogP) is 4.92. The monoisotopic (exact) mass is 459 g/mol. The lowest BCUT2D eigenvalue weighted by molar-refractivity contribution is -0.113. The summed E-state index contributed by atoms with van der Waals surface area (Å²) in [7, 11) is 3.22. The van der Waals surface area contributed by atoms with Crippen molar-refractivity contribution in [2.45, 2.75) is 0 Å². The third-order valence-electron chi connectivity index (χ3n) is 4.79. The van der Waals surface area contributed by atoms with Crippen LogP contribution in [0.1, 0.15) is 11.1 Å². The van der Waals surface area contributed by atoms with Crippen LogP contribution in [-0.4, -0.2) is 36.6 Å². The smallest absolute Gasteiger partial charge is 0.271 e. The van der Waals surface area contributed by atoms with Crippen LogP contribution in [-0.2, 0) is 4.79 Å². The maximum absolute atomic E-state index is 13.2. The van der Waals surface area contributed by atoms with E-state index in [1.54, 1.807) is 38.6 Å². The number of rotatable bonds is 6. The van der Waals surface area contributed by atoms with Crippen LogP contribution in [0.4, 0.5) is 5.69 Å². The Bertz CT molecular complexity index is 1220. The minimum atomic E-state index is -0.222. The van der Waals surface area contributed by atoms with Gasteiger partial charge in [-0.25, -0.2) is 0 Å². The van der Waals surface area contributed by atoms with Crippen molar-refractivity contribution in [2.24, 2.45) is 10.2 Å². The van der Waals surface area contributed by atoms with Gasteiger partial charge < -0.3 is 14.6 Å². The number of aromatic hydroxyl groups is 1. The van der Waals surface area contributed by atoms with Crippen LogP contribution < -0.4 is 14.4 Å². The zero-order valence-corrected chi connectivity index (χ0v) is 18.8. The molecule has 4 rings (SSSR count). The van der Waals surface area contributed by atoms with Gasteiger partial charge in [0.25, 0.3) is 5.91 Å². The second-order valence-electron chi connectivity index (χ2n) is 6.94. The molecule has 0 aromatic heterocycles. The summed E-state index contributed by atoms with van der Waals surface area (Å²) in [4.78, 5) is 15.2. The molecule has 1 heterocycles. The van der Waals surface area contributed by atoms with Crippen LogP contribution >= 0.6 is 11.8 Å². The zero-order valence-electron chi connectivity index (χ0n) is 18.0. The molecule has 3 aromatic rings. The number of ether oxygens (including phenoxy) is 2. The number of hydrogen-bond donors (Lipinski definition) is 1. The van der Waals surface area contributed by atoms with Gasteiger partial charge in [-0.2, -0.15) is 5.10 Å². The number of carbonyl (C=O) groups is 1. The first kappa shape index (κ1) is 22.2. The van der Waals surface area contributed by atoms with Crippen molar-refractivity contribution in [3.05, 3.63) is 88.8 Å². The van der Waals surface area contributed by atoms with E-state index >= 15 is 0 Å². The number of amidine groups is 1. The van der Waals surface area contributed by atoms with Gasteiger partial charge in [-0.05, 0) is 89.6 Å². The lowest BCUT2D eigenvalue weighted by Gasteiger charge is -2.14. The number of amides is 1. The quantitative estimate of drug-likeness (QED) is 0.321. The molecular weight excluding hydrogens is 438 g/mol. The fourth-order valence-corrected chi connectivity index (χ4v) is 3.99. The number of phenolic OH excluding ortho intramolecular Hbond substituents is 1. The van der Waals surface area contributed by atoms with Crippen molar-refractivity contribution >= 4 is 40.8 Å². The van der Waals surface area contributed by atoms with Crippen molar-refractivity contribution < 1.29 is 19.4 Å². The Kier molecular flexibility index (Phi) is 6.75. The van der Waals surface area contributed by atoms with E-state index in [2.05, 4.69) is 10.2 Å². The molecule has 1 fully saturated rings. The summed E-state index contributed by atoms with van der Waals surface area (Å²) >= 11 is 1.23. The van der Waals surface area contributed by atoms with Crippen molar-refractivity contribution in [3.63, 3.8) is 0 Å². The van der Waals surface area contributed by atoms with Gasteiger partial charge in [0.2, 0.25) is 5.17 Å². The normalized spacial score (nSPS) is 16.2. The first-order chi connectivity index (χ1) is 16.1. The van der Waals surface area contributed by atoms with Crippen LogP contribution in [0.15, 0.2) is 87.9 Å². The summed E-state index contributed by atoms with van der Waals surface area (Å²) < 4.78 is 10.4. The topological polar surface area (TPSA) is 83.7 Å². The standard InChI is InChI=1S/C25H21N3O4S/c1-31-21-11-3-17(4-12-21)15-23-24(30)28(19-7-9-20(29)10-8-19)25(33-23)27-26-16-18-5-13-22(32-2)14-6-18/h3-16,29H,1-2H3/b23-15+,26-16-,27-25-. The number of benzene rings is 3. The van der Waals surface area contributed by atoms with Gasteiger partial charge in [0.1, 0.15) is 17.2 Å². The lowest BCUT2D eigenvalue weighted by atomic mass is 10.2. The molecule has 0 saturated carbocycles. The molecule has 1 saturated heterocycles. The van der Waals surface area contributed by atoms with Gasteiger partial charge in [-0.1, -0.05) is 12.1 Å². The fraction of sp³-hybridized carbons (Fsp3) is 0.0800. The summed E-state index contributed by atoms with van der Waals surface area (Å²) in [6.45, 7) is 0. The Morgan fingerprint density at radius 2 is 1.42 bits per heavy atom. The Morgan fingerprint density at radius 1 is 0.848 bits per heavy atom. The van der Waals surface area contributed by atoms with Gasteiger partial charge >= 0.3 is 0 Å². The number of phenols is 1. The highest BCUT2D eigenvalue weighted by atomic mass is 32.2. The number of nitrogens with zero attached hydrogens (tertiary/aromatic N) is 3. The first-order valence-corrected chi connectivity index (χ1v) is 10.8. The molecule has 0 spiro atoms. The van der Waals surface area contributed by atoms with Gasteiger partial charge in [-0.3, -0.25) is 9.69 Å². The average Bonchev–Trinajstić information content (AvgIpc) is 3.15. The third-order valence-corrected chi connectivity index (χ3v) is 5.75. The molecule has 0 unspecified atom stereocenters. The maximum Gasteiger partial charge on any atom is 0.271 e. The SMILES string of the molecule is COc1ccc(/C=N\N=C2/S/C(=C/c3ccc(OC)cc3)C(=O)N2c2ccc(O)cc2)cc1. The molecule has 33 heavy (non-hydrogen) atoms. The van der Waals surface area contributed by atoms with E-state index in [0.717, 1.165) is 22.6 Å². The van der Waals surface area contributed by atoms with Crippen molar-refractivity contribution in [2.75, 3.05) is 19.1 Å². The molecule has 1 amide bonds. The third kappa shape index (κ3) is 5.24. The molecule has 0 aliphatic carbocycles. The molecule has 166 valence electrons. The summed E-state index contributed by atoms with van der Waals surface area (Å²) in [5, 5.41) is 18.5. The zero-order chi connectivity index (χ0) is 23.2. The second-order valence-corrected chi connectivity index (χ2v) is 7.95. The van der Waals surface area contributed by atoms with Gasteiger partial charge in [0.05, 0.1) is 31.0 Å². The Morgan fingerprint density at radius 3 is 2.00 bits per heavy atom. The molecule has 0 radical (unpaired) electrons. The summed E-state index contributed by atoms with van der Waals surface area (Å²) in [6.07, 6.45) is 3.41. The molecule has 1 aliphatic rings. The Hall–Kier alpha value is -4.04. The minimum Gasteiger partial charge on any atom is -0.508 e. The molecule has 0 bridgehead atoms. The van der Waals surface area contributed by atoms with Gasteiger partial charge in [-0.15, -0.1) is 5.10 Å². The molecule has 1 N–H and O–H groups in total. The van der Waals surface area contributed by atoms with E-state index in [1.165, 1.54) is 28.8 Å². The summed E-state index contributed by atoms with van der Waals surface area (Å²) in [5.41, 5.74) is 2.29. The maximum atomic E-state index is 13.2. The Balaban J connectivity index is 1.64. The number of carbonyl (C=O) groups excluding carboxylic acids is 1. The number of methoxy groups -OCH3 is 2. The van der Waals surface area contributed by atoms with Crippen LogP contribution in [0.3, 0.4) is 0 Å². The summed E-state index contributed by atoms with van der Waals surface area (Å²) in [6, 6.07) is 21.2. The minimum absolute atomic E-state index is 0.114. The van der Waals surface area contributed by atoms with Crippen LogP contribution in [0.2, 0.25) is 0 Å². The number of anilines is 1. The van der Waals surface area contributed by atoms with E-state index in [-0.39, 0.29) is 11.7 Å². The van der Waals surface area contributed by atoms with Crippen LogP contribution in [0, 0.1) is 0 Å². The molecule has 1 aliphatic heterocycles. The second kappa shape index (κ2) is 10.1. The molecule has 8 heteroatoms. The molecular formula is C25H21N3O4S. The molecule has 7 nitrogen and oxygen atoms in total. The number of thioether (sulfide) groups is 1. The van der Waals surface area contributed by atoms with Gasteiger partial charge in [0, 0.05) is 0 Å². The van der Waals surface area contributed by atoms with E-state index in [1.807, 2.05) is 48.5 Å². The average molecular weight is 460 g/mol. The van der Waals surface area contributed by atoms with E-state index in [9.17, 15) is 9.90 Å². The summed E-state index contributed by atoms with van der Waals surface area (Å²) in [5.74, 6) is 1.38. The highest BCUT2D eigenvalue weighted by molar-refractivity contribution is 8.19. The molecule has 3 aromatic carbocycles.